The summed E-state index contributed by atoms with van der Waals surface area (Å²) in [5.41, 5.74) is 0. The third-order valence-electron chi connectivity index (χ3n) is 4.37. The van der Waals surface area contributed by atoms with Crippen LogP contribution in [0, 0.1) is 0 Å². The SMILES string of the molecule is CCC(NC1CC(C)N(C2CC2)C1)c1cccs1. The maximum atomic E-state index is 3.88. The standard InChI is InChI=1S/C15H24N2S/c1-3-14(15-5-4-8-18-15)16-12-9-11(2)17(10-12)13-6-7-13/h4-5,8,11-14,16H,3,6-7,9-10H2,1-2H3. The monoisotopic (exact) mass is 264 g/mol. The van der Waals surface area contributed by atoms with Crippen molar-refractivity contribution in [1.29, 1.82) is 0 Å². The quantitative estimate of drug-likeness (QED) is 0.876. The molecule has 3 rings (SSSR count). The molecule has 100 valence electrons. The summed E-state index contributed by atoms with van der Waals surface area (Å²) in [5, 5.41) is 6.07. The van der Waals surface area contributed by atoms with Gasteiger partial charge < -0.3 is 5.32 Å². The maximum absolute atomic E-state index is 3.88. The van der Waals surface area contributed by atoms with Crippen molar-refractivity contribution in [1.82, 2.24) is 10.2 Å². The van der Waals surface area contributed by atoms with E-state index in [1.807, 2.05) is 11.3 Å². The zero-order valence-electron chi connectivity index (χ0n) is 11.4. The predicted molar refractivity (Wildman–Crippen MR) is 78.1 cm³/mol. The van der Waals surface area contributed by atoms with Crippen LogP contribution in [0.1, 0.15) is 50.4 Å². The van der Waals surface area contributed by atoms with Gasteiger partial charge in [-0.25, -0.2) is 0 Å². The van der Waals surface area contributed by atoms with Crippen molar-refractivity contribution in [3.63, 3.8) is 0 Å². The smallest absolute Gasteiger partial charge is 0.0414 e. The van der Waals surface area contributed by atoms with E-state index in [0.29, 0.717) is 12.1 Å². The molecule has 1 saturated heterocycles. The topological polar surface area (TPSA) is 15.3 Å². The molecule has 0 radical (unpaired) electrons. The average molecular weight is 264 g/mol. The fourth-order valence-electron chi connectivity index (χ4n) is 3.27. The van der Waals surface area contributed by atoms with Crippen molar-refractivity contribution in [2.45, 2.75) is 63.7 Å². The Morgan fingerprint density at radius 2 is 2.33 bits per heavy atom. The van der Waals surface area contributed by atoms with Gasteiger partial charge in [0.1, 0.15) is 0 Å². The van der Waals surface area contributed by atoms with Crippen molar-refractivity contribution in [2.75, 3.05) is 6.54 Å². The fraction of sp³-hybridized carbons (Fsp3) is 0.733. The van der Waals surface area contributed by atoms with Crippen LogP contribution in [-0.4, -0.2) is 29.6 Å². The number of thiophene rings is 1. The molecule has 0 aromatic carbocycles. The highest BCUT2D eigenvalue weighted by molar-refractivity contribution is 7.10. The molecular formula is C15H24N2S. The number of nitrogens with zero attached hydrogens (tertiary/aromatic N) is 1. The highest BCUT2D eigenvalue weighted by atomic mass is 32.1. The Labute approximate surface area is 114 Å². The van der Waals surface area contributed by atoms with Crippen molar-refractivity contribution in [3.05, 3.63) is 22.4 Å². The second-order valence-corrected chi connectivity index (χ2v) is 6.83. The Morgan fingerprint density at radius 1 is 1.50 bits per heavy atom. The van der Waals surface area contributed by atoms with E-state index in [0.717, 1.165) is 12.1 Å². The van der Waals surface area contributed by atoms with Crippen LogP contribution >= 0.6 is 11.3 Å². The number of hydrogen-bond acceptors (Lipinski definition) is 3. The average Bonchev–Trinajstić information content (AvgIpc) is 2.93. The van der Waals surface area contributed by atoms with Crippen LogP contribution in [0.4, 0.5) is 0 Å². The first-order chi connectivity index (χ1) is 8.78. The van der Waals surface area contributed by atoms with Crippen LogP contribution in [0.2, 0.25) is 0 Å². The van der Waals surface area contributed by atoms with E-state index in [9.17, 15) is 0 Å². The van der Waals surface area contributed by atoms with E-state index in [2.05, 4.69) is 41.6 Å². The van der Waals surface area contributed by atoms with Gasteiger partial charge in [0, 0.05) is 35.6 Å². The second-order valence-electron chi connectivity index (χ2n) is 5.85. The summed E-state index contributed by atoms with van der Waals surface area (Å²) < 4.78 is 0. The zero-order valence-corrected chi connectivity index (χ0v) is 12.2. The van der Waals surface area contributed by atoms with Gasteiger partial charge in [-0.05, 0) is 44.1 Å². The molecule has 2 fully saturated rings. The summed E-state index contributed by atoms with van der Waals surface area (Å²) in [5.74, 6) is 0. The molecule has 2 aliphatic rings. The summed E-state index contributed by atoms with van der Waals surface area (Å²) in [6, 6.07) is 7.36. The summed E-state index contributed by atoms with van der Waals surface area (Å²) in [6.45, 7) is 5.94. The lowest BCUT2D eigenvalue weighted by Gasteiger charge is -2.22. The van der Waals surface area contributed by atoms with E-state index in [4.69, 9.17) is 0 Å². The lowest BCUT2D eigenvalue weighted by Crippen LogP contribution is -2.35. The Kier molecular flexibility index (Phi) is 3.73. The van der Waals surface area contributed by atoms with Crippen LogP contribution < -0.4 is 5.32 Å². The van der Waals surface area contributed by atoms with Crippen LogP contribution in [0.3, 0.4) is 0 Å². The summed E-state index contributed by atoms with van der Waals surface area (Å²) in [6.07, 6.45) is 5.37. The molecule has 18 heavy (non-hydrogen) atoms. The van der Waals surface area contributed by atoms with Gasteiger partial charge in [0.05, 0.1) is 0 Å². The van der Waals surface area contributed by atoms with E-state index in [1.165, 1.54) is 37.1 Å². The van der Waals surface area contributed by atoms with Gasteiger partial charge in [-0.3, -0.25) is 4.90 Å². The molecule has 0 bridgehead atoms. The Hall–Kier alpha value is -0.380. The molecule has 1 aliphatic heterocycles. The van der Waals surface area contributed by atoms with Gasteiger partial charge in [0.25, 0.3) is 0 Å². The molecule has 1 N–H and O–H groups in total. The lowest BCUT2D eigenvalue weighted by molar-refractivity contribution is 0.254. The highest BCUT2D eigenvalue weighted by Gasteiger charge is 2.39. The normalized spacial score (nSPS) is 30.8. The molecular weight excluding hydrogens is 240 g/mol. The van der Waals surface area contributed by atoms with Crippen LogP contribution in [0.15, 0.2) is 17.5 Å². The molecule has 1 saturated carbocycles. The third-order valence-corrected chi connectivity index (χ3v) is 5.36. The van der Waals surface area contributed by atoms with Gasteiger partial charge in [-0.15, -0.1) is 11.3 Å². The molecule has 1 aromatic rings. The molecule has 2 heterocycles. The Bertz CT molecular complexity index is 372. The predicted octanol–water partition coefficient (Wildman–Crippen LogP) is 3.41. The Morgan fingerprint density at radius 3 is 2.94 bits per heavy atom. The highest BCUT2D eigenvalue weighted by Crippen LogP contribution is 2.34. The van der Waals surface area contributed by atoms with Crippen molar-refractivity contribution in [2.24, 2.45) is 0 Å². The minimum atomic E-state index is 0.557. The van der Waals surface area contributed by atoms with Gasteiger partial charge in [-0.1, -0.05) is 13.0 Å². The van der Waals surface area contributed by atoms with E-state index >= 15 is 0 Å². The largest absolute Gasteiger partial charge is 0.305 e. The summed E-state index contributed by atoms with van der Waals surface area (Å²) in [4.78, 5) is 4.22. The van der Waals surface area contributed by atoms with Gasteiger partial charge in [-0.2, -0.15) is 0 Å². The first kappa shape index (κ1) is 12.6. The van der Waals surface area contributed by atoms with Crippen LogP contribution in [0.5, 0.6) is 0 Å². The number of hydrogen-bond donors (Lipinski definition) is 1. The molecule has 3 atom stereocenters. The Balaban J connectivity index is 1.59. The van der Waals surface area contributed by atoms with Crippen molar-refractivity contribution < 1.29 is 0 Å². The van der Waals surface area contributed by atoms with E-state index < -0.39 is 0 Å². The molecule has 0 amide bonds. The zero-order chi connectivity index (χ0) is 12.5. The second kappa shape index (κ2) is 5.32. The molecule has 0 spiro atoms. The van der Waals surface area contributed by atoms with Gasteiger partial charge in [0.15, 0.2) is 0 Å². The number of likely N-dealkylation sites (tertiary alicyclic amines) is 1. The van der Waals surface area contributed by atoms with Crippen LogP contribution in [0.25, 0.3) is 0 Å². The number of rotatable bonds is 5. The minimum Gasteiger partial charge on any atom is -0.305 e. The fourth-order valence-corrected chi connectivity index (χ4v) is 4.14. The van der Waals surface area contributed by atoms with Crippen LogP contribution in [-0.2, 0) is 0 Å². The lowest BCUT2D eigenvalue weighted by atomic mass is 10.1. The van der Waals surface area contributed by atoms with E-state index in [1.54, 1.807) is 0 Å². The third kappa shape index (κ3) is 2.63. The van der Waals surface area contributed by atoms with Gasteiger partial charge >= 0.3 is 0 Å². The minimum absolute atomic E-state index is 0.557. The van der Waals surface area contributed by atoms with Gasteiger partial charge in [0.2, 0.25) is 0 Å². The first-order valence-corrected chi connectivity index (χ1v) is 8.21. The first-order valence-electron chi connectivity index (χ1n) is 7.33. The number of nitrogens with one attached hydrogen (secondary N) is 1. The molecule has 3 heteroatoms. The molecule has 2 nitrogen and oxygen atoms in total. The van der Waals surface area contributed by atoms with Crippen molar-refractivity contribution >= 4 is 11.3 Å². The molecule has 3 unspecified atom stereocenters. The maximum Gasteiger partial charge on any atom is 0.0414 e. The summed E-state index contributed by atoms with van der Waals surface area (Å²) in [7, 11) is 0. The van der Waals surface area contributed by atoms with Crippen molar-refractivity contribution in [3.8, 4) is 0 Å². The van der Waals surface area contributed by atoms with E-state index in [-0.39, 0.29) is 0 Å². The molecule has 1 aliphatic carbocycles. The molecule has 1 aromatic heterocycles. The summed E-state index contributed by atoms with van der Waals surface area (Å²) >= 11 is 1.88.